The number of anilines is 1. The number of hydrogen-bond acceptors (Lipinski definition) is 2. The second-order valence-electron chi connectivity index (χ2n) is 3.89. The molecule has 0 aliphatic rings. The summed E-state index contributed by atoms with van der Waals surface area (Å²) < 4.78 is 5.38. The quantitative estimate of drug-likeness (QED) is 0.916. The van der Waals surface area contributed by atoms with Crippen molar-refractivity contribution in [2.75, 3.05) is 11.9 Å². The van der Waals surface area contributed by atoms with Crippen LogP contribution in [0.3, 0.4) is 0 Å². The Balaban J connectivity index is 2.15. The standard InChI is InChI=1S/C15H14ClNO2/c1-2-19-12-7-5-6-11(10-12)17-15(18)13-8-3-4-9-14(13)16/h3-10H,2H2,1H3,(H,17,18). The molecule has 0 spiro atoms. The molecule has 4 heteroatoms. The minimum atomic E-state index is -0.237. The van der Waals surface area contributed by atoms with Gasteiger partial charge in [-0.2, -0.15) is 0 Å². The molecule has 0 aromatic heterocycles. The van der Waals surface area contributed by atoms with Gasteiger partial charge in [0.15, 0.2) is 0 Å². The van der Waals surface area contributed by atoms with Crippen molar-refractivity contribution in [2.45, 2.75) is 6.92 Å². The number of rotatable bonds is 4. The Hall–Kier alpha value is -2.00. The fraction of sp³-hybridized carbons (Fsp3) is 0.133. The third-order valence-electron chi connectivity index (χ3n) is 2.52. The van der Waals surface area contributed by atoms with E-state index in [4.69, 9.17) is 16.3 Å². The summed E-state index contributed by atoms with van der Waals surface area (Å²) in [6, 6.07) is 14.2. The topological polar surface area (TPSA) is 38.3 Å². The monoisotopic (exact) mass is 275 g/mol. The van der Waals surface area contributed by atoms with Gasteiger partial charge in [0.05, 0.1) is 17.2 Å². The second-order valence-corrected chi connectivity index (χ2v) is 4.30. The summed E-state index contributed by atoms with van der Waals surface area (Å²) in [7, 11) is 0. The fourth-order valence-corrected chi connectivity index (χ4v) is 1.90. The molecule has 2 aromatic rings. The SMILES string of the molecule is CCOc1cccc(NC(=O)c2ccccc2Cl)c1. The predicted octanol–water partition coefficient (Wildman–Crippen LogP) is 3.99. The van der Waals surface area contributed by atoms with Gasteiger partial charge in [-0.25, -0.2) is 0 Å². The van der Waals surface area contributed by atoms with Crippen LogP contribution in [-0.2, 0) is 0 Å². The molecule has 0 heterocycles. The predicted molar refractivity (Wildman–Crippen MR) is 77.0 cm³/mol. The molecule has 0 saturated carbocycles. The minimum absolute atomic E-state index is 0.237. The lowest BCUT2D eigenvalue weighted by atomic mass is 10.2. The normalized spacial score (nSPS) is 10.0. The van der Waals surface area contributed by atoms with Crippen LogP contribution in [0.15, 0.2) is 48.5 Å². The van der Waals surface area contributed by atoms with Crippen LogP contribution >= 0.6 is 11.6 Å². The molecule has 0 unspecified atom stereocenters. The highest BCUT2D eigenvalue weighted by Gasteiger charge is 2.09. The number of carbonyl (C=O) groups excluding carboxylic acids is 1. The average Bonchev–Trinajstić information content (AvgIpc) is 2.40. The lowest BCUT2D eigenvalue weighted by Crippen LogP contribution is -2.12. The van der Waals surface area contributed by atoms with E-state index in [0.717, 1.165) is 5.75 Å². The van der Waals surface area contributed by atoms with Gasteiger partial charge in [0.1, 0.15) is 5.75 Å². The molecule has 19 heavy (non-hydrogen) atoms. The molecule has 1 amide bonds. The van der Waals surface area contributed by atoms with Crippen LogP contribution in [0.25, 0.3) is 0 Å². The van der Waals surface area contributed by atoms with Gasteiger partial charge >= 0.3 is 0 Å². The van der Waals surface area contributed by atoms with Gasteiger partial charge < -0.3 is 10.1 Å². The number of ether oxygens (including phenoxy) is 1. The zero-order valence-electron chi connectivity index (χ0n) is 10.5. The Morgan fingerprint density at radius 2 is 2.00 bits per heavy atom. The number of amides is 1. The number of benzene rings is 2. The number of nitrogens with one attached hydrogen (secondary N) is 1. The first-order valence-electron chi connectivity index (χ1n) is 5.99. The summed E-state index contributed by atoms with van der Waals surface area (Å²) in [6.07, 6.45) is 0. The molecule has 0 atom stereocenters. The molecule has 2 aromatic carbocycles. The smallest absolute Gasteiger partial charge is 0.257 e. The Morgan fingerprint density at radius 3 is 2.74 bits per heavy atom. The molecule has 0 aliphatic carbocycles. The summed E-state index contributed by atoms with van der Waals surface area (Å²) in [6.45, 7) is 2.50. The lowest BCUT2D eigenvalue weighted by Gasteiger charge is -2.08. The van der Waals surface area contributed by atoms with Crippen molar-refractivity contribution in [3.8, 4) is 5.75 Å². The summed E-state index contributed by atoms with van der Waals surface area (Å²) in [5.74, 6) is 0.485. The maximum Gasteiger partial charge on any atom is 0.257 e. The van der Waals surface area contributed by atoms with E-state index in [9.17, 15) is 4.79 Å². The van der Waals surface area contributed by atoms with E-state index in [0.29, 0.717) is 22.9 Å². The number of halogens is 1. The Kier molecular flexibility index (Phi) is 4.42. The Morgan fingerprint density at radius 1 is 1.21 bits per heavy atom. The molecule has 1 N–H and O–H groups in total. The van der Waals surface area contributed by atoms with Gasteiger partial charge in [-0.05, 0) is 31.2 Å². The van der Waals surface area contributed by atoms with Crippen molar-refractivity contribution in [1.29, 1.82) is 0 Å². The van der Waals surface area contributed by atoms with Crippen molar-refractivity contribution in [1.82, 2.24) is 0 Å². The van der Waals surface area contributed by atoms with E-state index in [1.54, 1.807) is 36.4 Å². The molecule has 0 aliphatic heterocycles. The summed E-state index contributed by atoms with van der Waals surface area (Å²) in [4.78, 5) is 12.1. The molecule has 2 rings (SSSR count). The fourth-order valence-electron chi connectivity index (χ4n) is 1.67. The van der Waals surface area contributed by atoms with E-state index in [1.807, 2.05) is 19.1 Å². The van der Waals surface area contributed by atoms with Crippen molar-refractivity contribution >= 4 is 23.2 Å². The first-order chi connectivity index (χ1) is 9.20. The van der Waals surface area contributed by atoms with Crippen molar-refractivity contribution in [3.63, 3.8) is 0 Å². The number of hydrogen-bond donors (Lipinski definition) is 1. The zero-order chi connectivity index (χ0) is 13.7. The maximum atomic E-state index is 12.1. The van der Waals surface area contributed by atoms with Crippen LogP contribution < -0.4 is 10.1 Å². The largest absolute Gasteiger partial charge is 0.494 e. The van der Waals surface area contributed by atoms with Gasteiger partial charge in [0.2, 0.25) is 0 Å². The second kappa shape index (κ2) is 6.25. The molecule has 0 bridgehead atoms. The molecule has 0 saturated heterocycles. The minimum Gasteiger partial charge on any atom is -0.494 e. The van der Waals surface area contributed by atoms with Crippen molar-refractivity contribution < 1.29 is 9.53 Å². The average molecular weight is 276 g/mol. The highest BCUT2D eigenvalue weighted by molar-refractivity contribution is 6.34. The molecular weight excluding hydrogens is 262 g/mol. The van der Waals surface area contributed by atoms with Gasteiger partial charge in [-0.1, -0.05) is 29.8 Å². The molecule has 0 radical (unpaired) electrons. The number of carbonyl (C=O) groups is 1. The Labute approximate surface area is 117 Å². The zero-order valence-corrected chi connectivity index (χ0v) is 11.3. The van der Waals surface area contributed by atoms with Crippen molar-refractivity contribution in [2.24, 2.45) is 0 Å². The summed E-state index contributed by atoms with van der Waals surface area (Å²) in [5.41, 5.74) is 1.13. The maximum absolute atomic E-state index is 12.1. The van der Waals surface area contributed by atoms with Crippen LogP contribution in [0.2, 0.25) is 5.02 Å². The van der Waals surface area contributed by atoms with E-state index in [2.05, 4.69) is 5.32 Å². The summed E-state index contributed by atoms with van der Waals surface area (Å²) >= 11 is 5.98. The van der Waals surface area contributed by atoms with Crippen LogP contribution in [0.4, 0.5) is 5.69 Å². The van der Waals surface area contributed by atoms with Gasteiger partial charge in [0, 0.05) is 11.8 Å². The van der Waals surface area contributed by atoms with E-state index >= 15 is 0 Å². The van der Waals surface area contributed by atoms with Crippen LogP contribution in [0.1, 0.15) is 17.3 Å². The van der Waals surface area contributed by atoms with E-state index < -0.39 is 0 Å². The molecule has 0 fully saturated rings. The first-order valence-corrected chi connectivity index (χ1v) is 6.37. The van der Waals surface area contributed by atoms with Crippen LogP contribution in [0.5, 0.6) is 5.75 Å². The summed E-state index contributed by atoms with van der Waals surface area (Å²) in [5, 5.41) is 3.23. The van der Waals surface area contributed by atoms with E-state index in [1.165, 1.54) is 0 Å². The van der Waals surface area contributed by atoms with Crippen LogP contribution in [-0.4, -0.2) is 12.5 Å². The lowest BCUT2D eigenvalue weighted by molar-refractivity contribution is 0.102. The highest BCUT2D eigenvalue weighted by atomic mass is 35.5. The van der Waals surface area contributed by atoms with Crippen molar-refractivity contribution in [3.05, 3.63) is 59.1 Å². The third-order valence-corrected chi connectivity index (χ3v) is 2.85. The van der Waals surface area contributed by atoms with Gasteiger partial charge in [0.25, 0.3) is 5.91 Å². The van der Waals surface area contributed by atoms with Gasteiger partial charge in [-0.3, -0.25) is 4.79 Å². The Bertz CT molecular complexity index is 584. The molecule has 3 nitrogen and oxygen atoms in total. The van der Waals surface area contributed by atoms with Crippen LogP contribution in [0, 0.1) is 0 Å². The van der Waals surface area contributed by atoms with Gasteiger partial charge in [-0.15, -0.1) is 0 Å². The highest BCUT2D eigenvalue weighted by Crippen LogP contribution is 2.20. The molecule has 98 valence electrons. The molecular formula is C15H14ClNO2. The van der Waals surface area contributed by atoms with E-state index in [-0.39, 0.29) is 5.91 Å². The third kappa shape index (κ3) is 3.48. The first kappa shape index (κ1) is 13.4.